The average Bonchev–Trinajstić information content (AvgIpc) is 2.77. The van der Waals surface area contributed by atoms with Crippen LogP contribution in [-0.4, -0.2) is 20.6 Å². The summed E-state index contributed by atoms with van der Waals surface area (Å²) in [6.45, 7) is 16.5. The maximum absolute atomic E-state index is 2.62. The lowest BCUT2D eigenvalue weighted by Gasteiger charge is -2.26. The zero-order valence-corrected chi connectivity index (χ0v) is 23.9. The van der Waals surface area contributed by atoms with Crippen LogP contribution in [0.15, 0.2) is 87.5 Å². The SMILES string of the molecule is CC(C)Sc1ccccc1CN(Cc1ccccc1SC(C)C)Cc1ccccc1SC(C)C. The van der Waals surface area contributed by atoms with E-state index in [-0.39, 0.29) is 0 Å². The van der Waals surface area contributed by atoms with Gasteiger partial charge in [0.15, 0.2) is 0 Å². The van der Waals surface area contributed by atoms with Crippen molar-refractivity contribution in [2.24, 2.45) is 0 Å². The van der Waals surface area contributed by atoms with E-state index >= 15 is 0 Å². The molecular weight excluding hydrogens is 471 g/mol. The van der Waals surface area contributed by atoms with E-state index in [9.17, 15) is 0 Å². The molecule has 0 heterocycles. The number of hydrogen-bond donors (Lipinski definition) is 0. The number of hydrogen-bond acceptors (Lipinski definition) is 4. The zero-order chi connectivity index (χ0) is 24.5. The van der Waals surface area contributed by atoms with E-state index in [0.29, 0.717) is 15.7 Å². The molecular formula is C30H39NS3. The van der Waals surface area contributed by atoms with Crippen LogP contribution in [0.25, 0.3) is 0 Å². The summed E-state index contributed by atoms with van der Waals surface area (Å²) in [5, 5.41) is 1.71. The van der Waals surface area contributed by atoms with E-state index < -0.39 is 0 Å². The summed E-state index contributed by atoms with van der Waals surface area (Å²) < 4.78 is 0. The molecule has 0 atom stereocenters. The highest BCUT2D eigenvalue weighted by Crippen LogP contribution is 2.32. The summed E-state index contributed by atoms with van der Waals surface area (Å²) in [5.74, 6) is 0. The Morgan fingerprint density at radius 1 is 0.471 bits per heavy atom. The second-order valence-electron chi connectivity index (χ2n) is 9.47. The molecule has 0 aromatic heterocycles. The normalized spacial score (nSPS) is 11.8. The minimum atomic E-state index is 0.570. The van der Waals surface area contributed by atoms with Gasteiger partial charge >= 0.3 is 0 Å². The van der Waals surface area contributed by atoms with E-state index in [2.05, 4.69) is 119 Å². The number of rotatable bonds is 12. The predicted molar refractivity (Wildman–Crippen MR) is 155 cm³/mol. The van der Waals surface area contributed by atoms with Crippen LogP contribution in [0, 0.1) is 0 Å². The topological polar surface area (TPSA) is 3.24 Å². The molecule has 3 aromatic carbocycles. The van der Waals surface area contributed by atoms with Gasteiger partial charge in [-0.25, -0.2) is 0 Å². The molecule has 0 radical (unpaired) electrons. The second kappa shape index (κ2) is 13.7. The third kappa shape index (κ3) is 8.71. The van der Waals surface area contributed by atoms with Crippen LogP contribution < -0.4 is 0 Å². The van der Waals surface area contributed by atoms with Crippen molar-refractivity contribution >= 4 is 35.3 Å². The van der Waals surface area contributed by atoms with Gasteiger partial charge in [-0.05, 0) is 34.9 Å². The highest BCUT2D eigenvalue weighted by atomic mass is 32.2. The molecule has 0 spiro atoms. The minimum absolute atomic E-state index is 0.570. The molecule has 0 amide bonds. The van der Waals surface area contributed by atoms with Crippen molar-refractivity contribution in [1.82, 2.24) is 4.90 Å². The molecule has 3 rings (SSSR count). The first-order chi connectivity index (χ1) is 16.3. The highest BCUT2D eigenvalue weighted by Gasteiger charge is 2.16. The molecule has 4 heteroatoms. The van der Waals surface area contributed by atoms with Gasteiger partial charge in [-0.3, -0.25) is 4.90 Å². The molecule has 1 nitrogen and oxygen atoms in total. The molecule has 34 heavy (non-hydrogen) atoms. The van der Waals surface area contributed by atoms with Crippen molar-refractivity contribution in [2.75, 3.05) is 0 Å². The van der Waals surface area contributed by atoms with E-state index in [1.807, 2.05) is 35.3 Å². The van der Waals surface area contributed by atoms with Gasteiger partial charge in [0.2, 0.25) is 0 Å². The summed E-state index contributed by atoms with van der Waals surface area (Å²) in [6.07, 6.45) is 0. The Labute approximate surface area is 220 Å². The van der Waals surface area contributed by atoms with Crippen LogP contribution in [0.1, 0.15) is 58.2 Å². The molecule has 0 aliphatic carbocycles. The van der Waals surface area contributed by atoms with Gasteiger partial charge in [0, 0.05) is 50.1 Å². The predicted octanol–water partition coefficient (Wildman–Crippen LogP) is 9.39. The Balaban J connectivity index is 1.94. The lowest BCUT2D eigenvalue weighted by Crippen LogP contribution is -2.23. The van der Waals surface area contributed by atoms with E-state index in [0.717, 1.165) is 19.6 Å². The first-order valence-electron chi connectivity index (χ1n) is 12.3. The fourth-order valence-electron chi connectivity index (χ4n) is 3.90. The molecule has 3 aromatic rings. The number of benzene rings is 3. The molecule has 0 saturated heterocycles. The van der Waals surface area contributed by atoms with E-state index in [4.69, 9.17) is 0 Å². The Bertz CT molecular complexity index is 897. The Morgan fingerprint density at radius 2 is 0.735 bits per heavy atom. The largest absolute Gasteiger partial charge is 0.290 e. The number of thioether (sulfide) groups is 3. The van der Waals surface area contributed by atoms with Crippen molar-refractivity contribution in [1.29, 1.82) is 0 Å². The lowest BCUT2D eigenvalue weighted by molar-refractivity contribution is 0.242. The number of nitrogens with zero attached hydrogens (tertiary/aromatic N) is 1. The zero-order valence-electron chi connectivity index (χ0n) is 21.5. The quantitative estimate of drug-likeness (QED) is 0.224. The van der Waals surface area contributed by atoms with Crippen LogP contribution >= 0.6 is 35.3 Å². The molecule has 0 saturated carbocycles. The Morgan fingerprint density at radius 3 is 1.00 bits per heavy atom. The molecule has 182 valence electrons. The fourth-order valence-corrected chi connectivity index (χ4v) is 6.75. The monoisotopic (exact) mass is 509 g/mol. The van der Waals surface area contributed by atoms with Gasteiger partial charge < -0.3 is 0 Å². The van der Waals surface area contributed by atoms with Crippen LogP contribution in [0.3, 0.4) is 0 Å². The third-order valence-corrected chi connectivity index (χ3v) is 8.56. The summed E-state index contributed by atoms with van der Waals surface area (Å²) in [4.78, 5) is 6.82. The fraction of sp³-hybridized carbons (Fsp3) is 0.400. The summed E-state index contributed by atoms with van der Waals surface area (Å²) in [5.41, 5.74) is 4.26. The van der Waals surface area contributed by atoms with Crippen molar-refractivity contribution in [3.8, 4) is 0 Å². The summed E-state index contributed by atoms with van der Waals surface area (Å²) in [7, 11) is 0. The van der Waals surface area contributed by atoms with Crippen LogP contribution in [0.2, 0.25) is 0 Å². The standard InChI is InChI=1S/C30H39NS3/c1-22(2)32-28-16-10-7-13-25(28)19-31(20-26-14-8-11-17-29(26)33-23(3)4)21-27-15-9-12-18-30(27)34-24(5)6/h7-18,22-24H,19-21H2,1-6H3. The second-order valence-corrected chi connectivity index (χ2v) is 14.3. The lowest BCUT2D eigenvalue weighted by atomic mass is 10.1. The highest BCUT2D eigenvalue weighted by molar-refractivity contribution is 8.00. The van der Waals surface area contributed by atoms with E-state index in [1.165, 1.54) is 31.4 Å². The van der Waals surface area contributed by atoms with Gasteiger partial charge in [0.1, 0.15) is 0 Å². The summed E-state index contributed by atoms with van der Waals surface area (Å²) in [6, 6.07) is 26.8. The van der Waals surface area contributed by atoms with Gasteiger partial charge in [-0.2, -0.15) is 0 Å². The summed E-state index contributed by atoms with van der Waals surface area (Å²) >= 11 is 5.90. The minimum Gasteiger partial charge on any atom is -0.290 e. The van der Waals surface area contributed by atoms with Gasteiger partial charge in [0.05, 0.1) is 0 Å². The van der Waals surface area contributed by atoms with Crippen LogP contribution in [-0.2, 0) is 19.6 Å². The molecule has 0 bridgehead atoms. The first-order valence-corrected chi connectivity index (χ1v) is 14.9. The maximum atomic E-state index is 2.62. The van der Waals surface area contributed by atoms with Crippen molar-refractivity contribution < 1.29 is 0 Å². The van der Waals surface area contributed by atoms with Crippen molar-refractivity contribution in [3.05, 3.63) is 89.5 Å². The maximum Gasteiger partial charge on any atom is 0.0251 e. The van der Waals surface area contributed by atoms with Gasteiger partial charge in [0.25, 0.3) is 0 Å². The van der Waals surface area contributed by atoms with Crippen molar-refractivity contribution in [3.63, 3.8) is 0 Å². The van der Waals surface area contributed by atoms with Gasteiger partial charge in [-0.15, -0.1) is 35.3 Å². The van der Waals surface area contributed by atoms with Gasteiger partial charge in [-0.1, -0.05) is 96.1 Å². The Hall–Kier alpha value is -1.33. The van der Waals surface area contributed by atoms with Crippen LogP contribution in [0.5, 0.6) is 0 Å². The van der Waals surface area contributed by atoms with Crippen molar-refractivity contribution in [2.45, 2.75) is 91.6 Å². The Kier molecular flexibility index (Phi) is 11.0. The molecule has 0 N–H and O–H groups in total. The van der Waals surface area contributed by atoms with Crippen LogP contribution in [0.4, 0.5) is 0 Å². The molecule has 0 aliphatic heterocycles. The molecule has 0 aliphatic rings. The molecule has 0 unspecified atom stereocenters. The first kappa shape index (κ1) is 27.3. The van der Waals surface area contributed by atoms with E-state index in [1.54, 1.807) is 0 Å². The molecule has 0 fully saturated rings. The third-order valence-electron chi connectivity index (χ3n) is 5.19. The average molecular weight is 510 g/mol. The smallest absolute Gasteiger partial charge is 0.0251 e.